The van der Waals surface area contributed by atoms with E-state index in [9.17, 15) is 14.7 Å². The number of amides is 1. The predicted molar refractivity (Wildman–Crippen MR) is 79.2 cm³/mol. The zero-order valence-corrected chi connectivity index (χ0v) is 13.2. The summed E-state index contributed by atoms with van der Waals surface area (Å²) in [5.41, 5.74) is 0.0456. The number of rotatable bonds is 4. The van der Waals surface area contributed by atoms with Crippen molar-refractivity contribution in [1.29, 1.82) is 0 Å². The van der Waals surface area contributed by atoms with Crippen molar-refractivity contribution < 1.29 is 14.7 Å². The van der Waals surface area contributed by atoms with Gasteiger partial charge in [-0.2, -0.15) is 5.10 Å². The molecule has 3 N–H and O–H groups in total. The van der Waals surface area contributed by atoms with Gasteiger partial charge in [-0.25, -0.2) is 4.79 Å². The monoisotopic (exact) mass is 355 g/mol. The molecule has 0 aliphatic heterocycles. The average Bonchev–Trinajstić information content (AvgIpc) is 3.22. The number of halogens is 1. The number of carbonyl (C=O) groups is 2. The number of carbonyl (C=O) groups excluding carboxylic acids is 1. The van der Waals surface area contributed by atoms with E-state index in [0.717, 1.165) is 37.8 Å². The van der Waals surface area contributed by atoms with E-state index < -0.39 is 17.4 Å². The summed E-state index contributed by atoms with van der Waals surface area (Å²) < 4.78 is 0.666. The van der Waals surface area contributed by atoms with E-state index in [0.29, 0.717) is 23.2 Å². The van der Waals surface area contributed by atoms with Gasteiger partial charge >= 0.3 is 5.97 Å². The Balaban J connectivity index is 1.79. The van der Waals surface area contributed by atoms with Gasteiger partial charge in [0.2, 0.25) is 0 Å². The first-order valence-electron chi connectivity index (χ1n) is 7.33. The Kier molecular flexibility index (Phi) is 3.77. The summed E-state index contributed by atoms with van der Waals surface area (Å²) in [6.45, 7) is 0. The second kappa shape index (κ2) is 5.44. The Morgan fingerprint density at radius 3 is 2.52 bits per heavy atom. The zero-order valence-electron chi connectivity index (χ0n) is 11.6. The lowest BCUT2D eigenvalue weighted by atomic mass is 9.81. The number of carboxylic acid groups (broad SMARTS) is 1. The third-order valence-corrected chi connectivity index (χ3v) is 5.21. The fourth-order valence-electron chi connectivity index (χ4n) is 2.96. The summed E-state index contributed by atoms with van der Waals surface area (Å²) >= 11 is 3.41. The minimum Gasteiger partial charge on any atom is -0.480 e. The average molecular weight is 356 g/mol. The van der Waals surface area contributed by atoms with Gasteiger partial charge in [-0.3, -0.25) is 9.89 Å². The molecule has 1 aromatic heterocycles. The summed E-state index contributed by atoms with van der Waals surface area (Å²) in [5, 5.41) is 19.2. The number of hydrogen-bond acceptors (Lipinski definition) is 3. The Labute approximate surface area is 130 Å². The van der Waals surface area contributed by atoms with Gasteiger partial charge in [0.1, 0.15) is 5.54 Å². The lowest BCUT2D eigenvalue weighted by molar-refractivity contribution is -0.145. The van der Waals surface area contributed by atoms with E-state index in [1.54, 1.807) is 0 Å². The molecule has 0 unspecified atom stereocenters. The smallest absolute Gasteiger partial charge is 0.329 e. The number of hydrogen-bond donors (Lipinski definition) is 3. The molecular weight excluding hydrogens is 338 g/mol. The van der Waals surface area contributed by atoms with E-state index in [2.05, 4.69) is 31.4 Å². The molecule has 2 aliphatic rings. The van der Waals surface area contributed by atoms with Crippen LogP contribution in [-0.2, 0) is 4.79 Å². The molecule has 2 fully saturated rings. The largest absolute Gasteiger partial charge is 0.480 e. The van der Waals surface area contributed by atoms with Crippen LogP contribution in [0.15, 0.2) is 4.47 Å². The second-order valence-corrected chi connectivity index (χ2v) is 6.77. The number of aromatic nitrogens is 2. The van der Waals surface area contributed by atoms with Crippen molar-refractivity contribution in [2.45, 2.75) is 56.4 Å². The lowest BCUT2D eigenvalue weighted by Crippen LogP contribution is -2.55. The summed E-state index contributed by atoms with van der Waals surface area (Å²) in [6.07, 6.45) is 5.81. The van der Waals surface area contributed by atoms with E-state index in [1.807, 2.05) is 0 Å². The molecule has 3 rings (SSSR count). The van der Waals surface area contributed by atoms with E-state index in [1.165, 1.54) is 0 Å². The van der Waals surface area contributed by atoms with Crippen LogP contribution in [0.2, 0.25) is 0 Å². The predicted octanol–water partition coefficient (Wildman–Crippen LogP) is 2.57. The van der Waals surface area contributed by atoms with Crippen LogP contribution in [0.3, 0.4) is 0 Å². The van der Waals surface area contributed by atoms with Gasteiger partial charge in [0.05, 0.1) is 10.2 Å². The summed E-state index contributed by atoms with van der Waals surface area (Å²) in [4.78, 5) is 24.0. The molecule has 1 heterocycles. The van der Waals surface area contributed by atoms with Gasteiger partial charge < -0.3 is 10.4 Å². The van der Waals surface area contributed by atoms with Crippen molar-refractivity contribution in [3.8, 4) is 0 Å². The van der Waals surface area contributed by atoms with Crippen LogP contribution in [0.4, 0.5) is 0 Å². The molecule has 0 saturated heterocycles. The first-order valence-corrected chi connectivity index (χ1v) is 8.12. The summed E-state index contributed by atoms with van der Waals surface area (Å²) in [5.74, 6) is -0.935. The number of H-pyrrole nitrogens is 1. The van der Waals surface area contributed by atoms with Gasteiger partial charge in [-0.05, 0) is 41.6 Å². The number of aliphatic carboxylic acids is 1. The molecule has 0 radical (unpaired) electrons. The highest BCUT2D eigenvalue weighted by Crippen LogP contribution is 2.43. The molecule has 1 aromatic rings. The number of nitrogens with one attached hydrogen (secondary N) is 2. The maximum atomic E-state index is 12.4. The van der Waals surface area contributed by atoms with E-state index in [4.69, 9.17) is 0 Å². The summed E-state index contributed by atoms with van der Waals surface area (Å²) in [6, 6.07) is 0. The first kappa shape index (κ1) is 14.6. The minimum absolute atomic E-state index is 0.253. The van der Waals surface area contributed by atoms with Crippen LogP contribution in [0.25, 0.3) is 0 Å². The standard InChI is InChI=1S/C14H18BrN3O3/c15-9-10(8-4-5-8)17-18-11(9)12(19)16-14(13(20)21)6-2-1-3-7-14/h8H,1-7H2,(H,16,19)(H,17,18)(H,20,21). The molecule has 114 valence electrons. The maximum Gasteiger partial charge on any atom is 0.329 e. The molecule has 0 aromatic carbocycles. The van der Waals surface area contributed by atoms with Crippen LogP contribution >= 0.6 is 15.9 Å². The maximum absolute atomic E-state index is 12.4. The highest BCUT2D eigenvalue weighted by molar-refractivity contribution is 9.10. The van der Waals surface area contributed by atoms with Crippen LogP contribution in [0, 0.1) is 0 Å². The highest BCUT2D eigenvalue weighted by atomic mass is 79.9. The van der Waals surface area contributed by atoms with Crippen molar-refractivity contribution in [3.63, 3.8) is 0 Å². The lowest BCUT2D eigenvalue weighted by Gasteiger charge is -2.33. The van der Waals surface area contributed by atoms with Crippen molar-refractivity contribution >= 4 is 27.8 Å². The molecule has 2 aliphatic carbocycles. The van der Waals surface area contributed by atoms with Crippen LogP contribution in [0.1, 0.15) is 67.0 Å². The fourth-order valence-corrected chi connectivity index (χ4v) is 3.64. The Morgan fingerprint density at radius 1 is 1.29 bits per heavy atom. The molecule has 0 spiro atoms. The van der Waals surface area contributed by atoms with Gasteiger partial charge in [0.15, 0.2) is 5.69 Å². The number of nitrogens with zero attached hydrogens (tertiary/aromatic N) is 1. The zero-order chi connectivity index (χ0) is 15.0. The quantitative estimate of drug-likeness (QED) is 0.773. The molecule has 1 amide bonds. The molecule has 0 atom stereocenters. The highest BCUT2D eigenvalue weighted by Gasteiger charge is 2.42. The fraction of sp³-hybridized carbons (Fsp3) is 0.643. The third kappa shape index (κ3) is 2.71. The van der Waals surface area contributed by atoms with Crippen LogP contribution in [-0.4, -0.2) is 32.7 Å². The topological polar surface area (TPSA) is 95.1 Å². The molecule has 6 nitrogen and oxygen atoms in total. The normalized spacial score (nSPS) is 21.0. The Morgan fingerprint density at radius 2 is 1.95 bits per heavy atom. The van der Waals surface area contributed by atoms with Crippen molar-refractivity contribution in [1.82, 2.24) is 15.5 Å². The van der Waals surface area contributed by atoms with Gasteiger partial charge in [-0.1, -0.05) is 19.3 Å². The van der Waals surface area contributed by atoms with E-state index in [-0.39, 0.29) is 5.69 Å². The third-order valence-electron chi connectivity index (χ3n) is 4.40. The minimum atomic E-state index is -1.15. The van der Waals surface area contributed by atoms with Gasteiger partial charge in [-0.15, -0.1) is 0 Å². The SMILES string of the molecule is O=C(NC1(C(=O)O)CCCCC1)c1n[nH]c(C2CC2)c1Br. The Hall–Kier alpha value is -1.37. The molecule has 7 heteroatoms. The molecule has 21 heavy (non-hydrogen) atoms. The van der Waals surface area contributed by atoms with Crippen molar-refractivity contribution in [2.24, 2.45) is 0 Å². The first-order chi connectivity index (χ1) is 10.0. The number of aromatic amines is 1. The van der Waals surface area contributed by atoms with E-state index >= 15 is 0 Å². The van der Waals surface area contributed by atoms with Crippen molar-refractivity contribution in [2.75, 3.05) is 0 Å². The molecular formula is C14H18BrN3O3. The summed E-state index contributed by atoms with van der Waals surface area (Å²) in [7, 11) is 0. The Bertz CT molecular complexity index is 574. The second-order valence-electron chi connectivity index (χ2n) is 5.98. The van der Waals surface area contributed by atoms with Gasteiger partial charge in [0.25, 0.3) is 5.91 Å². The number of carboxylic acids is 1. The molecule has 2 saturated carbocycles. The molecule has 0 bridgehead atoms. The van der Waals surface area contributed by atoms with Crippen LogP contribution < -0.4 is 5.32 Å². The van der Waals surface area contributed by atoms with Gasteiger partial charge in [0, 0.05) is 5.92 Å². The van der Waals surface area contributed by atoms with Crippen molar-refractivity contribution in [3.05, 3.63) is 15.9 Å². The van der Waals surface area contributed by atoms with Crippen LogP contribution in [0.5, 0.6) is 0 Å².